The summed E-state index contributed by atoms with van der Waals surface area (Å²) < 4.78 is 1.89. The maximum atomic E-state index is 12.1. The molecular weight excluding hydrogens is 250 g/mol. The molecule has 1 aliphatic carbocycles. The summed E-state index contributed by atoms with van der Waals surface area (Å²) in [6.07, 6.45) is 6.12. The topological polar surface area (TPSA) is 46.9 Å². The summed E-state index contributed by atoms with van der Waals surface area (Å²) in [6, 6.07) is 0.398. The van der Waals surface area contributed by atoms with Crippen molar-refractivity contribution in [1.29, 1.82) is 0 Å². The molecule has 1 saturated carbocycles. The van der Waals surface area contributed by atoms with Crippen LogP contribution in [-0.4, -0.2) is 21.7 Å². The van der Waals surface area contributed by atoms with Gasteiger partial charge in [0.25, 0.3) is 0 Å². The highest BCUT2D eigenvalue weighted by Crippen LogP contribution is 2.23. The highest BCUT2D eigenvalue weighted by atomic mass is 16.1. The molecule has 112 valence electrons. The van der Waals surface area contributed by atoms with Gasteiger partial charge in [-0.25, -0.2) is 0 Å². The van der Waals surface area contributed by atoms with Gasteiger partial charge < -0.3 is 5.32 Å². The van der Waals surface area contributed by atoms with Crippen molar-refractivity contribution in [2.75, 3.05) is 0 Å². The van der Waals surface area contributed by atoms with E-state index in [9.17, 15) is 4.79 Å². The number of hydrogen-bond acceptors (Lipinski definition) is 2. The van der Waals surface area contributed by atoms with Crippen LogP contribution in [-0.2, 0) is 18.3 Å². The molecule has 0 unspecified atom stereocenters. The van der Waals surface area contributed by atoms with Crippen LogP contribution in [0.25, 0.3) is 0 Å². The van der Waals surface area contributed by atoms with Crippen molar-refractivity contribution in [2.45, 2.75) is 65.3 Å². The van der Waals surface area contributed by atoms with Gasteiger partial charge in [-0.05, 0) is 57.4 Å². The van der Waals surface area contributed by atoms with Gasteiger partial charge in [0.2, 0.25) is 5.91 Å². The molecule has 4 nitrogen and oxygen atoms in total. The van der Waals surface area contributed by atoms with Crippen LogP contribution in [0.1, 0.15) is 56.0 Å². The molecule has 0 aromatic carbocycles. The zero-order valence-corrected chi connectivity index (χ0v) is 13.2. The standard InChI is InChI=1S/C16H27N3O/c1-11-5-7-14(8-6-11)17-16(20)10-9-15-12(2)18-19(4)13(15)3/h11,14H,5-10H2,1-4H3,(H,17,20). The van der Waals surface area contributed by atoms with E-state index in [2.05, 4.69) is 24.3 Å². The van der Waals surface area contributed by atoms with Crippen molar-refractivity contribution >= 4 is 5.91 Å². The van der Waals surface area contributed by atoms with Crippen molar-refractivity contribution < 1.29 is 4.79 Å². The molecule has 0 atom stereocenters. The first kappa shape index (κ1) is 15.1. The molecule has 0 radical (unpaired) electrons. The minimum Gasteiger partial charge on any atom is -0.353 e. The van der Waals surface area contributed by atoms with E-state index in [1.54, 1.807) is 0 Å². The van der Waals surface area contributed by atoms with Gasteiger partial charge in [-0.1, -0.05) is 6.92 Å². The van der Waals surface area contributed by atoms with E-state index in [0.717, 1.165) is 30.9 Å². The molecule has 0 saturated heterocycles. The molecule has 0 spiro atoms. The van der Waals surface area contributed by atoms with E-state index in [4.69, 9.17) is 0 Å². The summed E-state index contributed by atoms with van der Waals surface area (Å²) in [5, 5.41) is 7.59. The van der Waals surface area contributed by atoms with Crippen LogP contribution in [0.15, 0.2) is 0 Å². The van der Waals surface area contributed by atoms with E-state index in [-0.39, 0.29) is 5.91 Å². The predicted molar refractivity (Wildman–Crippen MR) is 80.6 cm³/mol. The largest absolute Gasteiger partial charge is 0.353 e. The van der Waals surface area contributed by atoms with Crippen LogP contribution in [0, 0.1) is 19.8 Å². The third kappa shape index (κ3) is 3.62. The minimum absolute atomic E-state index is 0.187. The molecule has 1 aliphatic rings. The van der Waals surface area contributed by atoms with Crippen molar-refractivity contribution in [2.24, 2.45) is 13.0 Å². The average molecular weight is 277 g/mol. The first-order valence-electron chi connectivity index (χ1n) is 7.75. The van der Waals surface area contributed by atoms with E-state index < -0.39 is 0 Å². The summed E-state index contributed by atoms with van der Waals surface area (Å²) in [5.41, 5.74) is 3.44. The molecule has 4 heteroatoms. The summed E-state index contributed by atoms with van der Waals surface area (Å²) in [6.45, 7) is 6.38. The molecular formula is C16H27N3O. The van der Waals surface area contributed by atoms with E-state index in [0.29, 0.717) is 12.5 Å². The lowest BCUT2D eigenvalue weighted by atomic mass is 9.87. The van der Waals surface area contributed by atoms with Gasteiger partial charge in [0.15, 0.2) is 0 Å². The maximum absolute atomic E-state index is 12.1. The molecule has 1 N–H and O–H groups in total. The summed E-state index contributed by atoms with van der Waals surface area (Å²) in [4.78, 5) is 12.1. The van der Waals surface area contributed by atoms with Crippen LogP contribution in [0.5, 0.6) is 0 Å². The quantitative estimate of drug-likeness (QED) is 0.919. The van der Waals surface area contributed by atoms with Crippen molar-refractivity contribution in [3.05, 3.63) is 17.0 Å². The Labute approximate surface area is 121 Å². The lowest BCUT2D eigenvalue weighted by Gasteiger charge is -2.26. The van der Waals surface area contributed by atoms with Gasteiger partial charge in [0.05, 0.1) is 5.69 Å². The monoisotopic (exact) mass is 277 g/mol. The van der Waals surface area contributed by atoms with Crippen LogP contribution in [0.2, 0.25) is 0 Å². The molecule has 0 aliphatic heterocycles. The molecule has 1 aromatic rings. The molecule has 20 heavy (non-hydrogen) atoms. The fraction of sp³-hybridized carbons (Fsp3) is 0.750. The van der Waals surface area contributed by atoms with Crippen molar-refractivity contribution in [3.8, 4) is 0 Å². The average Bonchev–Trinajstić information content (AvgIpc) is 2.64. The summed E-state index contributed by atoms with van der Waals surface area (Å²) >= 11 is 0. The fourth-order valence-corrected chi connectivity index (χ4v) is 3.12. The molecule has 2 rings (SSSR count). The zero-order chi connectivity index (χ0) is 14.7. The number of aryl methyl sites for hydroxylation is 2. The first-order valence-corrected chi connectivity index (χ1v) is 7.75. The van der Waals surface area contributed by atoms with Crippen LogP contribution >= 0.6 is 0 Å². The third-order valence-corrected chi connectivity index (χ3v) is 4.64. The van der Waals surface area contributed by atoms with Crippen LogP contribution in [0.3, 0.4) is 0 Å². The first-order chi connectivity index (χ1) is 9.47. The van der Waals surface area contributed by atoms with Crippen LogP contribution in [0.4, 0.5) is 0 Å². The number of aromatic nitrogens is 2. The van der Waals surface area contributed by atoms with Crippen molar-refractivity contribution in [1.82, 2.24) is 15.1 Å². The Balaban J connectivity index is 1.80. The molecule has 0 bridgehead atoms. The Morgan fingerprint density at radius 1 is 1.30 bits per heavy atom. The van der Waals surface area contributed by atoms with E-state index in [1.165, 1.54) is 24.1 Å². The van der Waals surface area contributed by atoms with Gasteiger partial charge in [0, 0.05) is 25.2 Å². The number of rotatable bonds is 4. The van der Waals surface area contributed by atoms with Crippen molar-refractivity contribution in [3.63, 3.8) is 0 Å². The number of nitrogens with one attached hydrogen (secondary N) is 1. The predicted octanol–water partition coefficient (Wildman–Crippen LogP) is 2.66. The second-order valence-electron chi connectivity index (χ2n) is 6.30. The Bertz CT molecular complexity index is 470. The normalized spacial score (nSPS) is 22.8. The number of carbonyl (C=O) groups excluding carboxylic acids is 1. The van der Waals surface area contributed by atoms with Gasteiger partial charge in [-0.2, -0.15) is 5.10 Å². The summed E-state index contributed by atoms with van der Waals surface area (Å²) in [5.74, 6) is 1.01. The molecule has 1 amide bonds. The van der Waals surface area contributed by atoms with Gasteiger partial charge in [0.1, 0.15) is 0 Å². The molecule has 1 fully saturated rings. The van der Waals surface area contributed by atoms with E-state index in [1.807, 2.05) is 18.7 Å². The maximum Gasteiger partial charge on any atom is 0.220 e. The molecule has 1 aromatic heterocycles. The Morgan fingerprint density at radius 2 is 1.95 bits per heavy atom. The molecule has 1 heterocycles. The Morgan fingerprint density at radius 3 is 2.50 bits per heavy atom. The number of amides is 1. The van der Waals surface area contributed by atoms with Crippen LogP contribution < -0.4 is 5.32 Å². The fourth-order valence-electron chi connectivity index (χ4n) is 3.12. The highest BCUT2D eigenvalue weighted by Gasteiger charge is 2.20. The highest BCUT2D eigenvalue weighted by molar-refractivity contribution is 5.76. The Kier molecular flexibility index (Phi) is 4.84. The number of carbonyl (C=O) groups is 1. The second-order valence-corrected chi connectivity index (χ2v) is 6.30. The SMILES string of the molecule is Cc1nn(C)c(C)c1CCC(=O)NC1CCC(C)CC1. The van der Waals surface area contributed by atoms with Gasteiger partial charge >= 0.3 is 0 Å². The zero-order valence-electron chi connectivity index (χ0n) is 13.2. The third-order valence-electron chi connectivity index (χ3n) is 4.64. The van der Waals surface area contributed by atoms with E-state index >= 15 is 0 Å². The lowest BCUT2D eigenvalue weighted by molar-refractivity contribution is -0.122. The lowest BCUT2D eigenvalue weighted by Crippen LogP contribution is -2.37. The smallest absolute Gasteiger partial charge is 0.220 e. The van der Waals surface area contributed by atoms with Gasteiger partial charge in [-0.15, -0.1) is 0 Å². The van der Waals surface area contributed by atoms with Gasteiger partial charge in [-0.3, -0.25) is 9.48 Å². The minimum atomic E-state index is 0.187. The second kappa shape index (κ2) is 6.42. The number of nitrogens with zero attached hydrogens (tertiary/aromatic N) is 2. The summed E-state index contributed by atoms with van der Waals surface area (Å²) in [7, 11) is 1.95. The number of hydrogen-bond donors (Lipinski definition) is 1. The Hall–Kier alpha value is -1.32.